The molecule has 90 valence electrons. The first-order valence-electron chi connectivity index (χ1n) is 5.38. The van der Waals surface area contributed by atoms with E-state index < -0.39 is 0 Å². The number of ether oxygens (including phenoxy) is 1. The lowest BCUT2D eigenvalue weighted by Crippen LogP contribution is -2.12. The smallest absolute Gasteiger partial charge is 0.120 e. The minimum atomic E-state index is 0.262. The van der Waals surface area contributed by atoms with Crippen LogP contribution in [0.4, 0.5) is 0 Å². The Morgan fingerprint density at radius 1 is 1.29 bits per heavy atom. The van der Waals surface area contributed by atoms with Crippen LogP contribution in [-0.4, -0.2) is 12.2 Å². The van der Waals surface area contributed by atoms with Crippen LogP contribution in [0.15, 0.2) is 41.0 Å². The average molecular weight is 233 g/mol. The van der Waals surface area contributed by atoms with Crippen molar-refractivity contribution in [2.75, 3.05) is 7.11 Å². The number of hydrogen-bond donors (Lipinski definition) is 2. The Kier molecular flexibility index (Phi) is 3.67. The normalized spacial score (nSPS) is 10.4. The summed E-state index contributed by atoms with van der Waals surface area (Å²) in [4.78, 5) is 0. The Morgan fingerprint density at radius 2 is 2.18 bits per heavy atom. The maximum Gasteiger partial charge on any atom is 0.120 e. The molecule has 4 nitrogen and oxygen atoms in total. The van der Waals surface area contributed by atoms with Crippen LogP contribution in [0.25, 0.3) is 0 Å². The summed E-state index contributed by atoms with van der Waals surface area (Å²) in [6.07, 6.45) is 1.64. The van der Waals surface area contributed by atoms with Crippen molar-refractivity contribution >= 4 is 0 Å². The molecule has 0 atom stereocenters. The SMILES string of the molecule is COc1ccc(O)c(CNCc2ccco2)c1. The first-order valence-corrected chi connectivity index (χ1v) is 5.38. The van der Waals surface area contributed by atoms with Gasteiger partial charge in [0.2, 0.25) is 0 Å². The fourth-order valence-corrected chi connectivity index (χ4v) is 1.56. The van der Waals surface area contributed by atoms with Gasteiger partial charge in [0, 0.05) is 12.1 Å². The van der Waals surface area contributed by atoms with Gasteiger partial charge in [-0.1, -0.05) is 0 Å². The van der Waals surface area contributed by atoms with E-state index in [1.165, 1.54) is 0 Å². The number of aromatic hydroxyl groups is 1. The quantitative estimate of drug-likeness (QED) is 0.832. The van der Waals surface area contributed by atoms with Gasteiger partial charge in [0.05, 0.1) is 19.9 Å². The number of phenols is 1. The summed E-state index contributed by atoms with van der Waals surface area (Å²) in [6.45, 7) is 1.19. The molecule has 1 heterocycles. The van der Waals surface area contributed by atoms with E-state index in [-0.39, 0.29) is 5.75 Å². The molecule has 0 bridgehead atoms. The van der Waals surface area contributed by atoms with Gasteiger partial charge in [0.25, 0.3) is 0 Å². The van der Waals surface area contributed by atoms with Crippen molar-refractivity contribution in [3.05, 3.63) is 47.9 Å². The van der Waals surface area contributed by atoms with Gasteiger partial charge in [-0.05, 0) is 30.3 Å². The van der Waals surface area contributed by atoms with Crippen LogP contribution in [0.1, 0.15) is 11.3 Å². The molecule has 4 heteroatoms. The number of rotatable bonds is 5. The second-order valence-corrected chi connectivity index (χ2v) is 3.68. The minimum Gasteiger partial charge on any atom is -0.508 e. The molecule has 0 aliphatic rings. The summed E-state index contributed by atoms with van der Waals surface area (Å²) in [5, 5.41) is 12.9. The predicted molar refractivity (Wildman–Crippen MR) is 63.9 cm³/mol. The molecule has 2 aromatic rings. The van der Waals surface area contributed by atoms with E-state index in [1.807, 2.05) is 18.2 Å². The minimum absolute atomic E-state index is 0.262. The van der Waals surface area contributed by atoms with Gasteiger partial charge in [0.15, 0.2) is 0 Å². The largest absolute Gasteiger partial charge is 0.508 e. The van der Waals surface area contributed by atoms with Gasteiger partial charge in [-0.2, -0.15) is 0 Å². The van der Waals surface area contributed by atoms with Gasteiger partial charge in [-0.25, -0.2) is 0 Å². The second-order valence-electron chi connectivity index (χ2n) is 3.68. The van der Waals surface area contributed by atoms with Crippen molar-refractivity contribution in [1.82, 2.24) is 5.32 Å². The fraction of sp³-hybridized carbons (Fsp3) is 0.231. The molecular formula is C13H15NO3. The highest BCUT2D eigenvalue weighted by molar-refractivity contribution is 5.39. The molecule has 0 aliphatic carbocycles. The number of methoxy groups -OCH3 is 1. The van der Waals surface area contributed by atoms with Crippen molar-refractivity contribution in [1.29, 1.82) is 0 Å². The number of furan rings is 1. The number of benzene rings is 1. The van der Waals surface area contributed by atoms with E-state index in [0.717, 1.165) is 17.1 Å². The first kappa shape index (κ1) is 11.5. The van der Waals surface area contributed by atoms with Crippen molar-refractivity contribution in [3.8, 4) is 11.5 Å². The summed E-state index contributed by atoms with van der Waals surface area (Å²) in [7, 11) is 1.60. The highest BCUT2D eigenvalue weighted by atomic mass is 16.5. The molecule has 0 saturated heterocycles. The molecule has 2 N–H and O–H groups in total. The zero-order valence-electron chi connectivity index (χ0n) is 9.64. The van der Waals surface area contributed by atoms with E-state index in [9.17, 15) is 5.11 Å². The second kappa shape index (κ2) is 5.41. The van der Waals surface area contributed by atoms with Gasteiger partial charge < -0.3 is 19.6 Å². The topological polar surface area (TPSA) is 54.6 Å². The summed E-state index contributed by atoms with van der Waals surface area (Å²) in [6, 6.07) is 8.91. The van der Waals surface area contributed by atoms with Crippen LogP contribution in [-0.2, 0) is 13.1 Å². The molecule has 1 aromatic heterocycles. The zero-order chi connectivity index (χ0) is 12.1. The fourth-order valence-electron chi connectivity index (χ4n) is 1.56. The van der Waals surface area contributed by atoms with Crippen molar-refractivity contribution < 1.29 is 14.3 Å². The Labute approximate surface area is 99.8 Å². The molecule has 0 amide bonds. The number of hydrogen-bond acceptors (Lipinski definition) is 4. The van der Waals surface area contributed by atoms with Gasteiger partial charge in [-0.3, -0.25) is 0 Å². The van der Waals surface area contributed by atoms with Crippen molar-refractivity contribution in [3.63, 3.8) is 0 Å². The van der Waals surface area contributed by atoms with Crippen LogP contribution in [0, 0.1) is 0 Å². The van der Waals surface area contributed by atoms with Crippen LogP contribution in [0.2, 0.25) is 0 Å². The Balaban J connectivity index is 1.94. The summed E-state index contributed by atoms with van der Waals surface area (Å²) >= 11 is 0. The van der Waals surface area contributed by atoms with Crippen LogP contribution < -0.4 is 10.1 Å². The Morgan fingerprint density at radius 3 is 2.88 bits per heavy atom. The summed E-state index contributed by atoms with van der Waals surface area (Å²) in [5.74, 6) is 1.86. The molecule has 0 saturated carbocycles. The Bertz CT molecular complexity index is 466. The zero-order valence-corrected chi connectivity index (χ0v) is 9.64. The highest BCUT2D eigenvalue weighted by Gasteiger charge is 2.03. The lowest BCUT2D eigenvalue weighted by atomic mass is 10.2. The van der Waals surface area contributed by atoms with Crippen LogP contribution in [0.5, 0.6) is 11.5 Å². The molecule has 1 aromatic carbocycles. The lowest BCUT2D eigenvalue weighted by Gasteiger charge is -2.07. The third kappa shape index (κ3) is 3.01. The molecule has 0 radical (unpaired) electrons. The van der Waals surface area contributed by atoms with Gasteiger partial charge >= 0.3 is 0 Å². The average Bonchev–Trinajstić information content (AvgIpc) is 2.84. The van der Waals surface area contributed by atoms with E-state index in [4.69, 9.17) is 9.15 Å². The van der Waals surface area contributed by atoms with E-state index in [0.29, 0.717) is 13.1 Å². The standard InChI is InChI=1S/C13H15NO3/c1-16-11-4-5-13(15)10(7-11)8-14-9-12-3-2-6-17-12/h2-7,14-15H,8-9H2,1H3. The van der Waals surface area contributed by atoms with Crippen molar-refractivity contribution in [2.45, 2.75) is 13.1 Å². The van der Waals surface area contributed by atoms with E-state index in [2.05, 4.69) is 5.32 Å². The molecule has 0 unspecified atom stereocenters. The third-order valence-electron chi connectivity index (χ3n) is 2.48. The Hall–Kier alpha value is -1.94. The number of phenolic OH excluding ortho intramolecular Hbond substituents is 1. The van der Waals surface area contributed by atoms with E-state index >= 15 is 0 Å². The van der Waals surface area contributed by atoms with Crippen LogP contribution in [0.3, 0.4) is 0 Å². The maximum absolute atomic E-state index is 9.67. The summed E-state index contributed by atoms with van der Waals surface area (Å²) in [5.41, 5.74) is 0.802. The van der Waals surface area contributed by atoms with Gasteiger partial charge in [-0.15, -0.1) is 0 Å². The highest BCUT2D eigenvalue weighted by Crippen LogP contribution is 2.22. The lowest BCUT2D eigenvalue weighted by molar-refractivity contribution is 0.409. The third-order valence-corrected chi connectivity index (χ3v) is 2.48. The van der Waals surface area contributed by atoms with Crippen molar-refractivity contribution in [2.24, 2.45) is 0 Å². The molecular weight excluding hydrogens is 218 g/mol. The predicted octanol–water partition coefficient (Wildman–Crippen LogP) is 2.28. The number of nitrogens with one attached hydrogen (secondary N) is 1. The maximum atomic E-state index is 9.67. The van der Waals surface area contributed by atoms with E-state index in [1.54, 1.807) is 25.5 Å². The first-order chi connectivity index (χ1) is 8.29. The monoisotopic (exact) mass is 233 g/mol. The molecule has 0 fully saturated rings. The molecule has 0 aliphatic heterocycles. The molecule has 17 heavy (non-hydrogen) atoms. The van der Waals surface area contributed by atoms with Gasteiger partial charge in [0.1, 0.15) is 17.3 Å². The molecule has 2 rings (SSSR count). The van der Waals surface area contributed by atoms with Crippen LogP contribution >= 0.6 is 0 Å². The molecule has 0 spiro atoms. The summed E-state index contributed by atoms with van der Waals surface area (Å²) < 4.78 is 10.3.